The molecule has 1 radical (unpaired) electrons. The Hall–Kier alpha value is -0.520. The second-order valence-electron chi connectivity index (χ2n) is 3.49. The normalized spacial score (nSPS) is 13.5. The number of rotatable bonds is 6. The maximum absolute atomic E-state index is 3.86. The average Bonchev–Trinajstić information content (AvgIpc) is 2.16. The van der Waals surface area contributed by atoms with Gasteiger partial charge in [-0.2, -0.15) is 0 Å². The van der Waals surface area contributed by atoms with Gasteiger partial charge in [-0.25, -0.2) is 0 Å². The molecule has 0 N–H and O–H groups in total. The molecule has 0 amide bonds. The Balaban J connectivity index is 4.05. The summed E-state index contributed by atoms with van der Waals surface area (Å²) in [5.74, 6) is 0. The van der Waals surface area contributed by atoms with Gasteiger partial charge in [0.15, 0.2) is 0 Å². The van der Waals surface area contributed by atoms with E-state index in [1.165, 1.54) is 31.3 Å². The monoisotopic (exact) mass is 179 g/mol. The minimum Gasteiger partial charge on any atom is -0.0881 e. The van der Waals surface area contributed by atoms with Crippen LogP contribution in [0.5, 0.6) is 0 Å². The Bertz CT molecular complexity index is 152. The van der Waals surface area contributed by atoms with Gasteiger partial charge in [0.25, 0.3) is 0 Å². The molecule has 0 heteroatoms. The summed E-state index contributed by atoms with van der Waals surface area (Å²) in [5.41, 5.74) is 3.05. The van der Waals surface area contributed by atoms with Crippen LogP contribution in [0, 0.1) is 6.92 Å². The Kier molecular flexibility index (Phi) is 7.77. The van der Waals surface area contributed by atoms with Crippen LogP contribution in [0.15, 0.2) is 23.3 Å². The summed E-state index contributed by atoms with van der Waals surface area (Å²) in [7, 11) is 0. The molecule has 0 unspecified atom stereocenters. The van der Waals surface area contributed by atoms with E-state index in [0.29, 0.717) is 0 Å². The van der Waals surface area contributed by atoms with Gasteiger partial charge in [-0.15, -0.1) is 0 Å². The third-order valence-electron chi connectivity index (χ3n) is 2.29. The number of allylic oxidation sites excluding steroid dienone is 4. The average molecular weight is 179 g/mol. The van der Waals surface area contributed by atoms with E-state index in [1.54, 1.807) is 5.57 Å². The predicted molar refractivity (Wildman–Crippen MR) is 61.6 cm³/mol. The highest BCUT2D eigenvalue weighted by Crippen LogP contribution is 2.19. The first-order valence-electron chi connectivity index (χ1n) is 5.39. The first-order chi connectivity index (χ1) is 6.28. The fourth-order valence-corrected chi connectivity index (χ4v) is 1.53. The molecule has 0 aliphatic heterocycles. The molecule has 0 atom stereocenters. The molecule has 0 rings (SSSR count). The third kappa shape index (κ3) is 5.68. The van der Waals surface area contributed by atoms with Crippen LogP contribution in [0.3, 0.4) is 0 Å². The fraction of sp³-hybridized carbons (Fsp3) is 0.615. The standard InChI is InChI=1S/C13H23/c1-5-9-12(7-3)11-13(8-4)10-6-2/h7-8H,3,5-6,9-11H2,1-2,4H3. The molecule has 0 heterocycles. The van der Waals surface area contributed by atoms with Crippen molar-refractivity contribution in [1.29, 1.82) is 0 Å². The number of hydrogen-bond donors (Lipinski definition) is 0. The third-order valence-corrected chi connectivity index (χ3v) is 2.29. The molecule has 0 aromatic rings. The van der Waals surface area contributed by atoms with Crippen LogP contribution in [0.1, 0.15) is 52.9 Å². The molecule has 13 heavy (non-hydrogen) atoms. The van der Waals surface area contributed by atoms with Gasteiger partial charge >= 0.3 is 0 Å². The number of hydrogen-bond acceptors (Lipinski definition) is 0. The van der Waals surface area contributed by atoms with Crippen LogP contribution in [-0.4, -0.2) is 0 Å². The van der Waals surface area contributed by atoms with E-state index in [2.05, 4.69) is 33.8 Å². The summed E-state index contributed by atoms with van der Waals surface area (Å²) < 4.78 is 0. The van der Waals surface area contributed by atoms with Crippen molar-refractivity contribution in [3.8, 4) is 0 Å². The zero-order valence-electron chi connectivity index (χ0n) is 9.40. The second-order valence-corrected chi connectivity index (χ2v) is 3.49. The largest absolute Gasteiger partial charge is 0.0881 e. The van der Waals surface area contributed by atoms with Gasteiger partial charge in [-0.05, 0) is 33.1 Å². The van der Waals surface area contributed by atoms with Crippen LogP contribution < -0.4 is 0 Å². The van der Waals surface area contributed by atoms with Gasteiger partial charge in [0.05, 0.1) is 0 Å². The molecule has 0 nitrogen and oxygen atoms in total. The highest BCUT2D eigenvalue weighted by Gasteiger charge is 1.99. The molecule has 0 aliphatic rings. The quantitative estimate of drug-likeness (QED) is 0.519. The van der Waals surface area contributed by atoms with Crippen LogP contribution in [-0.2, 0) is 0 Å². The van der Waals surface area contributed by atoms with E-state index < -0.39 is 0 Å². The van der Waals surface area contributed by atoms with Crippen molar-refractivity contribution in [3.63, 3.8) is 0 Å². The Morgan fingerprint density at radius 1 is 1.08 bits per heavy atom. The molecule has 0 bridgehead atoms. The van der Waals surface area contributed by atoms with E-state index in [9.17, 15) is 0 Å². The van der Waals surface area contributed by atoms with Gasteiger partial charge < -0.3 is 0 Å². The second kappa shape index (κ2) is 8.10. The minimum absolute atomic E-state index is 1.14. The molecule has 0 aromatic heterocycles. The molecular weight excluding hydrogens is 156 g/mol. The van der Waals surface area contributed by atoms with Crippen molar-refractivity contribution < 1.29 is 0 Å². The Morgan fingerprint density at radius 3 is 2.00 bits per heavy atom. The van der Waals surface area contributed by atoms with E-state index in [1.807, 2.05) is 6.08 Å². The summed E-state index contributed by atoms with van der Waals surface area (Å²) in [6.45, 7) is 10.5. The SMILES string of the molecule is [CH2]C=C(CCC)CC(=CC)CCC. The zero-order chi connectivity index (χ0) is 10.1. The van der Waals surface area contributed by atoms with Crippen molar-refractivity contribution in [3.05, 3.63) is 30.2 Å². The van der Waals surface area contributed by atoms with Crippen LogP contribution in [0.25, 0.3) is 0 Å². The summed E-state index contributed by atoms with van der Waals surface area (Å²) >= 11 is 0. The summed E-state index contributed by atoms with van der Waals surface area (Å²) in [4.78, 5) is 0. The van der Waals surface area contributed by atoms with Crippen molar-refractivity contribution in [2.24, 2.45) is 0 Å². The van der Waals surface area contributed by atoms with E-state index in [0.717, 1.165) is 6.42 Å². The van der Waals surface area contributed by atoms with Crippen molar-refractivity contribution in [2.75, 3.05) is 0 Å². The van der Waals surface area contributed by atoms with Crippen LogP contribution in [0.2, 0.25) is 0 Å². The van der Waals surface area contributed by atoms with Crippen molar-refractivity contribution in [2.45, 2.75) is 52.9 Å². The first kappa shape index (κ1) is 12.5. The molecular formula is C13H23. The van der Waals surface area contributed by atoms with Gasteiger partial charge in [-0.1, -0.05) is 50.0 Å². The molecule has 0 saturated carbocycles. The zero-order valence-corrected chi connectivity index (χ0v) is 9.40. The van der Waals surface area contributed by atoms with Crippen molar-refractivity contribution in [1.82, 2.24) is 0 Å². The molecule has 0 spiro atoms. The maximum Gasteiger partial charge on any atom is -0.0109 e. The summed E-state index contributed by atoms with van der Waals surface area (Å²) in [5, 5.41) is 0. The fourth-order valence-electron chi connectivity index (χ4n) is 1.53. The maximum atomic E-state index is 3.86. The summed E-state index contributed by atoms with van der Waals surface area (Å²) in [6.07, 6.45) is 10.3. The van der Waals surface area contributed by atoms with E-state index >= 15 is 0 Å². The molecule has 0 fully saturated rings. The van der Waals surface area contributed by atoms with Crippen molar-refractivity contribution >= 4 is 0 Å². The molecule has 75 valence electrons. The van der Waals surface area contributed by atoms with Gasteiger partial charge in [0.2, 0.25) is 0 Å². The van der Waals surface area contributed by atoms with E-state index in [4.69, 9.17) is 0 Å². The lowest BCUT2D eigenvalue weighted by Crippen LogP contribution is -1.88. The smallest absolute Gasteiger partial charge is 0.0109 e. The van der Waals surface area contributed by atoms with Crippen LogP contribution in [0.4, 0.5) is 0 Å². The van der Waals surface area contributed by atoms with E-state index in [-0.39, 0.29) is 0 Å². The lowest BCUT2D eigenvalue weighted by Gasteiger charge is -2.08. The first-order valence-corrected chi connectivity index (χ1v) is 5.39. The predicted octanol–water partition coefficient (Wildman–Crippen LogP) is 4.68. The van der Waals surface area contributed by atoms with Gasteiger partial charge in [0.1, 0.15) is 0 Å². The Labute approximate surface area is 83.7 Å². The highest BCUT2D eigenvalue weighted by atomic mass is 14.1. The van der Waals surface area contributed by atoms with Crippen LogP contribution >= 0.6 is 0 Å². The topological polar surface area (TPSA) is 0 Å². The lowest BCUT2D eigenvalue weighted by molar-refractivity contribution is 0.815. The summed E-state index contributed by atoms with van der Waals surface area (Å²) in [6, 6.07) is 0. The highest BCUT2D eigenvalue weighted by molar-refractivity contribution is 5.15. The molecule has 0 saturated heterocycles. The Morgan fingerprint density at radius 2 is 1.62 bits per heavy atom. The van der Waals surface area contributed by atoms with Gasteiger partial charge in [-0.3, -0.25) is 0 Å². The minimum atomic E-state index is 1.14. The molecule has 0 aromatic carbocycles. The molecule has 0 aliphatic carbocycles. The lowest BCUT2D eigenvalue weighted by atomic mass is 9.98. The van der Waals surface area contributed by atoms with Gasteiger partial charge in [0, 0.05) is 0 Å².